The molecule has 0 aliphatic heterocycles. The van der Waals surface area contributed by atoms with Crippen LogP contribution in [-0.4, -0.2) is 21.2 Å². The van der Waals surface area contributed by atoms with Crippen molar-refractivity contribution in [3.63, 3.8) is 0 Å². The summed E-state index contributed by atoms with van der Waals surface area (Å²) in [4.78, 5) is 11.8. The Balaban J connectivity index is 2.82. The van der Waals surface area contributed by atoms with Gasteiger partial charge in [0.2, 0.25) is 0 Å². The van der Waals surface area contributed by atoms with Gasteiger partial charge in [0.25, 0.3) is 0 Å². The van der Waals surface area contributed by atoms with E-state index in [1.54, 1.807) is 0 Å². The minimum atomic E-state index is -1.71. The molecule has 0 heterocycles. The van der Waals surface area contributed by atoms with Gasteiger partial charge in [0, 0.05) is 12.5 Å². The molecule has 4 heteroatoms. The second kappa shape index (κ2) is 7.26. The van der Waals surface area contributed by atoms with Crippen LogP contribution in [0, 0.1) is 0 Å². The molecule has 1 aromatic carbocycles. The monoisotopic (exact) mass is 278 g/mol. The molecule has 1 atom stereocenters. The molecule has 0 aromatic heterocycles. The smallest absolute Gasteiger partial charge is 0.184 e. The van der Waals surface area contributed by atoms with Gasteiger partial charge in [0.05, 0.1) is 19.5 Å². The predicted octanol–water partition coefficient (Wildman–Crippen LogP) is 3.70. The molecule has 0 aliphatic carbocycles. The maximum Gasteiger partial charge on any atom is 0.184 e. The lowest BCUT2D eigenvalue weighted by Crippen LogP contribution is -2.29. The maximum absolute atomic E-state index is 11.8. The molecule has 1 rings (SSSR count). The summed E-state index contributed by atoms with van der Waals surface area (Å²) in [5.41, 5.74) is 1.05. The van der Waals surface area contributed by atoms with E-state index in [0.717, 1.165) is 5.56 Å². The van der Waals surface area contributed by atoms with E-state index in [2.05, 4.69) is 19.6 Å². The van der Waals surface area contributed by atoms with Crippen molar-refractivity contribution in [3.8, 4) is 0 Å². The highest BCUT2D eigenvalue weighted by molar-refractivity contribution is 6.69. The lowest BCUT2D eigenvalue weighted by Gasteiger charge is -2.26. The van der Waals surface area contributed by atoms with Gasteiger partial charge in [-0.05, 0) is 25.2 Å². The maximum atomic E-state index is 11.8. The molecule has 0 fully saturated rings. The summed E-state index contributed by atoms with van der Waals surface area (Å²) in [6.45, 7) is 6.37. The van der Waals surface area contributed by atoms with Crippen LogP contribution >= 0.6 is 0 Å². The molecule has 1 aromatic rings. The van der Waals surface area contributed by atoms with Gasteiger partial charge in [0.15, 0.2) is 14.1 Å². The molecule has 0 radical (unpaired) electrons. The highest BCUT2D eigenvalue weighted by atomic mass is 28.4. The van der Waals surface area contributed by atoms with Crippen LogP contribution in [0.15, 0.2) is 42.7 Å². The third-order valence-electron chi connectivity index (χ3n) is 2.44. The summed E-state index contributed by atoms with van der Waals surface area (Å²) in [6, 6.07) is 9.88. The van der Waals surface area contributed by atoms with Crippen LogP contribution in [0.5, 0.6) is 0 Å². The summed E-state index contributed by atoms with van der Waals surface area (Å²) >= 11 is 0. The summed E-state index contributed by atoms with van der Waals surface area (Å²) in [6.07, 6.45) is 3.01. The lowest BCUT2D eigenvalue weighted by molar-refractivity contribution is -0.116. The first-order valence-electron chi connectivity index (χ1n) is 6.37. The first-order valence-corrected chi connectivity index (χ1v) is 9.78. The van der Waals surface area contributed by atoms with E-state index < -0.39 is 8.32 Å². The number of methoxy groups -OCH3 is 1. The lowest BCUT2D eigenvalue weighted by atomic mass is 10.0. The van der Waals surface area contributed by atoms with Crippen molar-refractivity contribution in [1.82, 2.24) is 0 Å². The molecule has 0 spiro atoms. The number of rotatable bonds is 7. The van der Waals surface area contributed by atoms with Gasteiger partial charge in [-0.25, -0.2) is 0 Å². The Labute approximate surface area is 116 Å². The molecule has 0 N–H and O–H groups in total. The number of allylic oxidation sites excluding steroid dienone is 1. The van der Waals surface area contributed by atoms with E-state index in [1.165, 1.54) is 19.4 Å². The summed E-state index contributed by atoms with van der Waals surface area (Å²) in [5, 5.41) is 0. The molecular weight excluding hydrogens is 256 g/mol. The van der Waals surface area contributed by atoms with E-state index in [9.17, 15) is 4.79 Å². The number of carbonyl (C=O) groups is 1. The van der Waals surface area contributed by atoms with Gasteiger partial charge in [-0.1, -0.05) is 30.3 Å². The summed E-state index contributed by atoms with van der Waals surface area (Å²) in [5.74, 6) is 0.00829. The van der Waals surface area contributed by atoms with Crippen LogP contribution in [0.2, 0.25) is 19.6 Å². The average molecular weight is 278 g/mol. The van der Waals surface area contributed by atoms with Gasteiger partial charge in [0.1, 0.15) is 0 Å². The van der Waals surface area contributed by atoms with Crippen LogP contribution in [0.3, 0.4) is 0 Å². The molecule has 104 valence electrons. The molecule has 0 aliphatic rings. The van der Waals surface area contributed by atoms with Crippen LogP contribution in [-0.2, 0) is 14.0 Å². The largest absolute Gasteiger partial charge is 0.504 e. The summed E-state index contributed by atoms with van der Waals surface area (Å²) in [7, 11) is -0.184. The summed E-state index contributed by atoms with van der Waals surface area (Å²) < 4.78 is 10.9. The fourth-order valence-electron chi connectivity index (χ4n) is 1.72. The zero-order valence-electron chi connectivity index (χ0n) is 12.1. The van der Waals surface area contributed by atoms with Crippen molar-refractivity contribution in [3.05, 3.63) is 48.2 Å². The Bertz CT molecular complexity index is 421. The third kappa shape index (κ3) is 6.36. The predicted molar refractivity (Wildman–Crippen MR) is 79.4 cm³/mol. The van der Waals surface area contributed by atoms with Gasteiger partial charge < -0.3 is 9.16 Å². The molecular formula is C15H22O3Si. The number of carbonyl (C=O) groups excluding carboxylic acids is 1. The first kappa shape index (κ1) is 15.7. The number of ether oxygens (including phenoxy) is 1. The number of ketones is 1. The standard InChI is InChI=1S/C15H22O3Si/c1-17-11-10-14(16)12-15(18-19(2,3)4)13-8-6-5-7-9-13/h5-11,15H,12H2,1-4H3/t15-/m1/s1. The van der Waals surface area contributed by atoms with Crippen molar-refractivity contribution in [2.24, 2.45) is 0 Å². The molecule has 0 saturated carbocycles. The van der Waals surface area contributed by atoms with Crippen molar-refractivity contribution < 1.29 is 14.0 Å². The van der Waals surface area contributed by atoms with Crippen LogP contribution in [0.25, 0.3) is 0 Å². The fraction of sp³-hybridized carbons (Fsp3) is 0.400. The van der Waals surface area contributed by atoms with Crippen molar-refractivity contribution in [1.29, 1.82) is 0 Å². The molecule has 0 bridgehead atoms. The van der Waals surface area contributed by atoms with Crippen LogP contribution < -0.4 is 0 Å². The van der Waals surface area contributed by atoms with Gasteiger partial charge in [-0.3, -0.25) is 4.79 Å². The molecule has 3 nitrogen and oxygen atoms in total. The zero-order valence-corrected chi connectivity index (χ0v) is 13.1. The van der Waals surface area contributed by atoms with Crippen molar-refractivity contribution >= 4 is 14.1 Å². The van der Waals surface area contributed by atoms with E-state index in [0.29, 0.717) is 6.42 Å². The van der Waals surface area contributed by atoms with Crippen molar-refractivity contribution in [2.45, 2.75) is 32.2 Å². The molecule has 0 unspecified atom stereocenters. The minimum Gasteiger partial charge on any atom is -0.504 e. The average Bonchev–Trinajstić information content (AvgIpc) is 2.35. The molecule has 0 amide bonds. The Morgan fingerprint density at radius 3 is 2.42 bits per heavy atom. The van der Waals surface area contributed by atoms with E-state index >= 15 is 0 Å². The Morgan fingerprint density at radius 2 is 1.89 bits per heavy atom. The fourth-order valence-corrected chi connectivity index (χ4v) is 2.79. The number of hydrogen-bond acceptors (Lipinski definition) is 3. The van der Waals surface area contributed by atoms with Crippen LogP contribution in [0.4, 0.5) is 0 Å². The van der Waals surface area contributed by atoms with Crippen LogP contribution in [0.1, 0.15) is 18.1 Å². The van der Waals surface area contributed by atoms with E-state index in [-0.39, 0.29) is 11.9 Å². The topological polar surface area (TPSA) is 35.5 Å². The van der Waals surface area contributed by atoms with Gasteiger partial charge in [-0.15, -0.1) is 0 Å². The SMILES string of the molecule is COC=CC(=O)C[C@@H](O[Si](C)(C)C)c1ccccc1. The second-order valence-corrected chi connectivity index (χ2v) is 9.80. The van der Waals surface area contributed by atoms with Gasteiger partial charge in [-0.2, -0.15) is 0 Å². The normalized spacial score (nSPS) is 13.5. The first-order chi connectivity index (χ1) is 8.92. The van der Waals surface area contributed by atoms with Gasteiger partial charge >= 0.3 is 0 Å². The number of benzene rings is 1. The Morgan fingerprint density at radius 1 is 1.26 bits per heavy atom. The number of hydrogen-bond donors (Lipinski definition) is 0. The van der Waals surface area contributed by atoms with Crippen molar-refractivity contribution in [2.75, 3.05) is 7.11 Å². The Hall–Kier alpha value is -1.39. The minimum absolute atomic E-state index is 0.00829. The third-order valence-corrected chi connectivity index (χ3v) is 3.44. The van der Waals surface area contributed by atoms with E-state index in [4.69, 9.17) is 9.16 Å². The van der Waals surface area contributed by atoms with E-state index in [1.807, 2.05) is 30.3 Å². The quantitative estimate of drug-likeness (QED) is 0.433. The molecule has 0 saturated heterocycles. The highest BCUT2D eigenvalue weighted by Crippen LogP contribution is 2.25. The molecule has 19 heavy (non-hydrogen) atoms. The zero-order chi connectivity index (χ0) is 14.3. The second-order valence-electron chi connectivity index (χ2n) is 5.34. The highest BCUT2D eigenvalue weighted by Gasteiger charge is 2.23. The Kier molecular flexibility index (Phi) is 5.98.